The lowest BCUT2D eigenvalue weighted by Gasteiger charge is -2.49. The fourth-order valence-electron chi connectivity index (χ4n) is 12.9. The van der Waals surface area contributed by atoms with Crippen LogP contribution in [0.1, 0.15) is 132 Å². The first-order valence-corrected chi connectivity index (χ1v) is 31.2. The Balaban J connectivity index is 0.000000146. The Morgan fingerprint density at radius 2 is 0.940 bits per heavy atom. The van der Waals surface area contributed by atoms with Gasteiger partial charge in [0.05, 0.1) is 57.5 Å². The summed E-state index contributed by atoms with van der Waals surface area (Å²) >= 11 is 0. The highest BCUT2D eigenvalue weighted by Crippen LogP contribution is 2.51. The zero-order valence-corrected chi connectivity index (χ0v) is 51.3. The number of hydrogen-bond acceptors (Lipinski definition) is 24. The van der Waals surface area contributed by atoms with Crippen LogP contribution in [0.5, 0.6) is 0 Å². The van der Waals surface area contributed by atoms with E-state index in [1.165, 1.54) is 0 Å². The van der Waals surface area contributed by atoms with E-state index in [0.717, 1.165) is 36.5 Å². The number of rotatable bonds is 6. The number of fused-ring (bicyclic) bond motifs is 7. The minimum Gasteiger partial charge on any atom is -0.848 e. The molecule has 0 spiro atoms. The first-order chi connectivity index (χ1) is 39.3. The number of ether oxygens (including phenoxy) is 16. The summed E-state index contributed by atoms with van der Waals surface area (Å²) in [5.74, 6) is -2.37. The maximum absolute atomic E-state index is 13.9. The Morgan fingerprint density at radius 3 is 1.51 bits per heavy atom. The van der Waals surface area contributed by atoms with Gasteiger partial charge in [-0.3, -0.25) is 0 Å². The van der Waals surface area contributed by atoms with E-state index < -0.39 is 117 Å². The molecule has 0 bridgehead atoms. The molecule has 11 fully saturated rings. The predicted molar refractivity (Wildman–Crippen MR) is 287 cm³/mol. The lowest BCUT2D eigenvalue weighted by Crippen LogP contribution is -2.62. The minimum absolute atomic E-state index is 0.0287. The van der Waals surface area contributed by atoms with Gasteiger partial charge in [0.2, 0.25) is 0 Å². The molecule has 9 heterocycles. The van der Waals surface area contributed by atoms with E-state index in [1.54, 1.807) is 13.8 Å². The molecule has 24 nitrogen and oxygen atoms in total. The summed E-state index contributed by atoms with van der Waals surface area (Å²) in [7, 11) is -7.19. The maximum atomic E-state index is 13.9. The van der Waals surface area contributed by atoms with Gasteiger partial charge in [-0.2, -0.15) is 8.42 Å². The highest BCUT2D eigenvalue weighted by molar-refractivity contribution is 7.81. The molecule has 11 aliphatic rings. The lowest BCUT2D eigenvalue weighted by molar-refractivity contribution is -0.496. The molecular formula is C58H82O24S2. The topological polar surface area (TPSA) is 275 Å². The molecule has 2 unspecified atom stereocenters. The fourth-order valence-corrected chi connectivity index (χ4v) is 13.7. The van der Waals surface area contributed by atoms with Crippen molar-refractivity contribution in [1.82, 2.24) is 0 Å². The Labute approximate surface area is 493 Å². The van der Waals surface area contributed by atoms with Crippen LogP contribution in [0.4, 0.5) is 0 Å². The molecule has 470 valence electrons. The molecule has 26 heteroatoms. The van der Waals surface area contributed by atoms with Gasteiger partial charge in [-0.05, 0) is 95.9 Å². The van der Waals surface area contributed by atoms with Gasteiger partial charge in [0, 0.05) is 17.0 Å². The third-order valence-electron chi connectivity index (χ3n) is 16.4. The van der Waals surface area contributed by atoms with Gasteiger partial charge < -0.3 is 80.9 Å². The monoisotopic (exact) mass is 1230 g/mol. The van der Waals surface area contributed by atoms with Crippen molar-refractivity contribution in [3.8, 4) is 0 Å². The molecule has 9 saturated heterocycles. The van der Waals surface area contributed by atoms with Crippen molar-refractivity contribution in [2.75, 3.05) is 33.0 Å². The van der Waals surface area contributed by atoms with Gasteiger partial charge in [0.15, 0.2) is 53.2 Å². The summed E-state index contributed by atoms with van der Waals surface area (Å²) < 4.78 is 155. The molecule has 0 radical (unpaired) electrons. The summed E-state index contributed by atoms with van der Waals surface area (Å²) in [6.07, 6.45) is -3.95. The summed E-state index contributed by atoms with van der Waals surface area (Å²) in [6, 6.07) is 19.1. The highest BCUT2D eigenvalue weighted by atomic mass is 32.3. The second-order valence-electron chi connectivity index (χ2n) is 25.6. The van der Waals surface area contributed by atoms with Gasteiger partial charge in [-0.1, -0.05) is 66.8 Å². The van der Waals surface area contributed by atoms with Crippen LogP contribution in [0.3, 0.4) is 0 Å². The van der Waals surface area contributed by atoms with Gasteiger partial charge in [0.1, 0.15) is 73.7 Å². The Hall–Kier alpha value is -2.88. The van der Waals surface area contributed by atoms with Crippen LogP contribution in [0.15, 0.2) is 60.7 Å². The Kier molecular flexibility index (Phi) is 19.0. The van der Waals surface area contributed by atoms with E-state index in [1.807, 2.05) is 130 Å². The number of benzene rings is 2. The second kappa shape index (κ2) is 24.8. The van der Waals surface area contributed by atoms with Crippen molar-refractivity contribution in [1.29, 1.82) is 0 Å². The first kappa shape index (κ1) is 64.1. The van der Waals surface area contributed by atoms with Gasteiger partial charge in [-0.25, -0.2) is 8.37 Å². The van der Waals surface area contributed by atoms with Crippen LogP contribution in [-0.2, 0) is 105 Å². The molecule has 0 amide bonds. The SMILES string of the molecule is CC1(C)OC[C@@H]2CC[C@H]3OC(C)(C)O[C@H]3[C@@H]2O1.CC1(C)OC[C@@H]2[C+](C[C@@H]3OC(c4ccccc4)O[C@H]([C@H]4COC(C)(C)O4)[C@@H]3[O-])C[C@H]3OC(C)(C)O[C@H]3[C@@H]2O1.CC1(C)OC[C@H]([C@H]2OC(c3ccccc3)O[C@H]3COS(=O)(=O)O[C@@H]23)O1.O=S(=O)=O. The molecule has 2 aromatic carbocycles. The standard InChI is InChI=1S/C29H40O9.C16H20O8S.C13H22O4.O3S/c1-27(2)32-15-21(36-27)24-22(30)19(33-26(34-24)16-10-8-7-9-11-16)12-17-13-20-25(38-29(5,6)35-20)23-18(17)14-31-28(3,4)37-23;1-16(2)19-8-12(23-16)13-14-11(9-20-25(17,18)24-14)21-15(22-13)10-6-4-3-5-7-10;1-12(2)14-7-8-5-6-9-11(10(8)16-12)17-13(3,4)15-9;1-4(2)3/h7-11,18-26H,12-15H2,1-6H3;3-7,11-15H,8-9H2,1-2H3;8-11H,5-7H2,1-4H3;/t18-,19+,20-,21-,22-,23-,24-,25-,26?;11-,12+,13+,14+,15?;8-,9+,10+,11+;/m100./s1. The zero-order valence-electron chi connectivity index (χ0n) is 49.6. The molecule has 9 aliphatic heterocycles. The first-order valence-electron chi connectivity index (χ1n) is 28.9. The molecular weight excluding hydrogens is 1140 g/mol. The zero-order chi connectivity index (χ0) is 60.4. The minimum atomic E-state index is -4.08. The van der Waals surface area contributed by atoms with Gasteiger partial charge in [0.25, 0.3) is 0 Å². The van der Waals surface area contributed by atoms with Crippen molar-refractivity contribution >= 4 is 21.0 Å². The summed E-state index contributed by atoms with van der Waals surface area (Å²) in [4.78, 5) is 0. The Morgan fingerprint density at radius 1 is 0.476 bits per heavy atom. The normalized spacial score (nSPS) is 41.3. The van der Waals surface area contributed by atoms with Gasteiger partial charge in [-0.15, -0.1) is 12.6 Å². The van der Waals surface area contributed by atoms with Crippen molar-refractivity contribution < 1.29 is 110 Å². The molecule has 13 rings (SSSR count). The molecule has 0 N–H and O–H groups in total. The molecule has 18 atom stereocenters. The van der Waals surface area contributed by atoms with E-state index >= 15 is 0 Å². The quantitative estimate of drug-likeness (QED) is 0.330. The molecule has 84 heavy (non-hydrogen) atoms. The van der Waals surface area contributed by atoms with Crippen LogP contribution < -0.4 is 5.11 Å². The van der Waals surface area contributed by atoms with Crippen molar-refractivity contribution in [2.45, 2.75) is 242 Å². The van der Waals surface area contributed by atoms with Crippen LogP contribution in [-0.4, -0.2) is 174 Å². The summed E-state index contributed by atoms with van der Waals surface area (Å²) in [6.45, 7) is 24.6. The van der Waals surface area contributed by atoms with Crippen molar-refractivity contribution in [3.63, 3.8) is 0 Å². The molecule has 0 aromatic heterocycles. The van der Waals surface area contributed by atoms with Crippen LogP contribution in [0.25, 0.3) is 0 Å². The Bertz CT molecular complexity index is 2760. The molecule has 2 aliphatic carbocycles. The van der Waals surface area contributed by atoms with Crippen LogP contribution in [0, 0.1) is 17.8 Å². The average Bonchev–Trinajstić information content (AvgIpc) is 3.92. The van der Waals surface area contributed by atoms with Crippen LogP contribution in [0.2, 0.25) is 0 Å². The van der Waals surface area contributed by atoms with Crippen LogP contribution >= 0.6 is 0 Å². The average molecular weight is 1230 g/mol. The largest absolute Gasteiger partial charge is 0.848 e. The van der Waals surface area contributed by atoms with Gasteiger partial charge >= 0.3 is 21.0 Å². The highest BCUT2D eigenvalue weighted by Gasteiger charge is 2.63. The summed E-state index contributed by atoms with van der Waals surface area (Å²) in [5.41, 5.74) is 1.68. The van der Waals surface area contributed by atoms with E-state index in [0.29, 0.717) is 32.0 Å². The van der Waals surface area contributed by atoms with E-state index in [2.05, 4.69) is 0 Å². The fraction of sp³-hybridized carbons (Fsp3) is 0.776. The smallest absolute Gasteiger partial charge is 0.425 e. The van der Waals surface area contributed by atoms with E-state index in [9.17, 15) is 13.5 Å². The van der Waals surface area contributed by atoms with Crippen molar-refractivity contribution in [2.24, 2.45) is 11.8 Å². The summed E-state index contributed by atoms with van der Waals surface area (Å²) in [5, 5.41) is 13.9. The third kappa shape index (κ3) is 15.4. The lowest BCUT2D eigenvalue weighted by atomic mass is 9.71. The second-order valence-corrected chi connectivity index (χ2v) is 27.2. The molecule has 2 saturated carbocycles. The van der Waals surface area contributed by atoms with E-state index in [4.69, 9.17) is 96.8 Å². The molecule has 2 aromatic rings. The third-order valence-corrected chi connectivity index (χ3v) is 17.3. The predicted octanol–water partition coefficient (Wildman–Crippen LogP) is 5.35. The van der Waals surface area contributed by atoms with Crippen molar-refractivity contribution in [3.05, 3.63) is 77.7 Å². The number of hydrogen-bond donors (Lipinski definition) is 0. The maximum Gasteiger partial charge on any atom is 0.425 e. The van der Waals surface area contributed by atoms with E-state index in [-0.39, 0.29) is 55.8 Å².